The number of nitrogens with zero attached hydrogens (tertiary/aromatic N) is 2. The Bertz CT molecular complexity index is 1160. The second-order valence-corrected chi connectivity index (χ2v) is 5.63. The molecule has 0 radical (unpaired) electrons. The first kappa shape index (κ1) is 15.8. The third-order valence-electron chi connectivity index (χ3n) is 3.86. The molecule has 0 atom stereocenters. The second-order valence-electron chi connectivity index (χ2n) is 5.63. The average Bonchev–Trinajstić information content (AvgIpc) is 3.26. The van der Waals surface area contributed by atoms with Gasteiger partial charge in [0, 0.05) is 11.6 Å². The molecule has 2 aromatic heterocycles. The summed E-state index contributed by atoms with van der Waals surface area (Å²) in [6, 6.07) is 15.6. The van der Waals surface area contributed by atoms with E-state index in [1.165, 1.54) is 24.3 Å². The number of halogens is 2. The maximum atomic E-state index is 13.3. The number of nitrogens with one attached hydrogen (secondary N) is 1. The highest BCUT2D eigenvalue weighted by Crippen LogP contribution is 2.25. The zero-order chi connectivity index (χ0) is 18.1. The molecule has 6 heteroatoms. The van der Waals surface area contributed by atoms with Gasteiger partial charge in [-0.05, 0) is 54.6 Å². The smallest absolute Gasteiger partial charge is 0.149 e. The highest BCUT2D eigenvalue weighted by molar-refractivity contribution is 5.89. The van der Waals surface area contributed by atoms with Gasteiger partial charge in [-0.25, -0.2) is 13.8 Å². The number of nitriles is 1. The SMILES string of the molecule is N#C/C(=C/c1ccc(-c2ccc(F)cc2)o1)c1nc2ccc(F)cc2[nH]1. The van der Waals surface area contributed by atoms with Gasteiger partial charge >= 0.3 is 0 Å². The van der Waals surface area contributed by atoms with E-state index in [-0.39, 0.29) is 17.2 Å². The molecule has 0 fully saturated rings. The van der Waals surface area contributed by atoms with Gasteiger partial charge in [-0.1, -0.05) is 0 Å². The summed E-state index contributed by atoms with van der Waals surface area (Å²) in [7, 11) is 0. The highest BCUT2D eigenvalue weighted by atomic mass is 19.1. The van der Waals surface area contributed by atoms with Crippen LogP contribution in [-0.4, -0.2) is 9.97 Å². The average molecular weight is 347 g/mol. The number of rotatable bonds is 3. The Hall–Kier alpha value is -3.72. The van der Waals surface area contributed by atoms with E-state index in [0.717, 1.165) is 5.56 Å². The highest BCUT2D eigenvalue weighted by Gasteiger charge is 2.10. The zero-order valence-corrected chi connectivity index (χ0v) is 13.3. The molecule has 0 spiro atoms. The van der Waals surface area contributed by atoms with Gasteiger partial charge in [0.1, 0.15) is 35.0 Å². The molecular formula is C20H11F2N3O. The molecule has 2 heterocycles. The number of hydrogen-bond donors (Lipinski definition) is 1. The van der Waals surface area contributed by atoms with Crippen LogP contribution in [0.1, 0.15) is 11.6 Å². The van der Waals surface area contributed by atoms with Crippen LogP contribution in [0, 0.1) is 23.0 Å². The third-order valence-corrected chi connectivity index (χ3v) is 3.86. The van der Waals surface area contributed by atoms with Crippen LogP contribution in [0.2, 0.25) is 0 Å². The largest absolute Gasteiger partial charge is 0.457 e. The minimum atomic E-state index is -0.384. The summed E-state index contributed by atoms with van der Waals surface area (Å²) < 4.78 is 32.0. The van der Waals surface area contributed by atoms with Crippen LogP contribution >= 0.6 is 0 Å². The number of aromatic nitrogens is 2. The monoisotopic (exact) mass is 347 g/mol. The van der Waals surface area contributed by atoms with Crippen molar-refractivity contribution in [1.29, 1.82) is 5.26 Å². The Labute approximate surface area is 147 Å². The van der Waals surface area contributed by atoms with E-state index in [1.54, 1.807) is 36.4 Å². The van der Waals surface area contributed by atoms with Gasteiger partial charge in [0.05, 0.1) is 16.6 Å². The molecule has 0 saturated heterocycles. The molecule has 0 amide bonds. The number of furan rings is 1. The second kappa shape index (κ2) is 6.30. The van der Waals surface area contributed by atoms with E-state index >= 15 is 0 Å². The van der Waals surface area contributed by atoms with Gasteiger partial charge < -0.3 is 9.40 Å². The number of imidazole rings is 1. The Morgan fingerprint density at radius 3 is 2.58 bits per heavy atom. The minimum Gasteiger partial charge on any atom is -0.457 e. The molecule has 4 nitrogen and oxygen atoms in total. The van der Waals surface area contributed by atoms with E-state index in [9.17, 15) is 14.0 Å². The molecule has 2 aromatic carbocycles. The van der Waals surface area contributed by atoms with Crippen molar-refractivity contribution in [2.45, 2.75) is 0 Å². The number of H-pyrrole nitrogens is 1. The molecular weight excluding hydrogens is 336 g/mol. The van der Waals surface area contributed by atoms with E-state index in [0.29, 0.717) is 28.4 Å². The summed E-state index contributed by atoms with van der Waals surface area (Å²) in [6.07, 6.45) is 1.54. The fourth-order valence-corrected chi connectivity index (χ4v) is 2.60. The molecule has 26 heavy (non-hydrogen) atoms. The van der Waals surface area contributed by atoms with Crippen LogP contribution in [0.4, 0.5) is 8.78 Å². The van der Waals surface area contributed by atoms with E-state index in [2.05, 4.69) is 16.0 Å². The fourth-order valence-electron chi connectivity index (χ4n) is 2.60. The number of hydrogen-bond acceptors (Lipinski definition) is 3. The van der Waals surface area contributed by atoms with Gasteiger partial charge in [-0.2, -0.15) is 5.26 Å². The lowest BCUT2D eigenvalue weighted by atomic mass is 10.2. The standard InChI is InChI=1S/C20H11F2N3O/c21-14-3-1-12(2-4-14)19-8-6-16(26-19)9-13(11-23)20-24-17-7-5-15(22)10-18(17)25-20/h1-10H,(H,24,25)/b13-9-. The molecule has 4 rings (SSSR count). The van der Waals surface area contributed by atoms with Crippen LogP contribution in [-0.2, 0) is 0 Å². The van der Waals surface area contributed by atoms with Crippen LogP contribution in [0.15, 0.2) is 59.0 Å². The van der Waals surface area contributed by atoms with Gasteiger partial charge in [0.15, 0.2) is 0 Å². The maximum Gasteiger partial charge on any atom is 0.149 e. The van der Waals surface area contributed by atoms with Crippen molar-refractivity contribution in [2.75, 3.05) is 0 Å². The topological polar surface area (TPSA) is 65.6 Å². The molecule has 0 unspecified atom stereocenters. The molecule has 4 aromatic rings. The predicted octanol–water partition coefficient (Wildman–Crippen LogP) is 5.17. The van der Waals surface area contributed by atoms with Crippen LogP contribution in [0.3, 0.4) is 0 Å². The summed E-state index contributed by atoms with van der Waals surface area (Å²) >= 11 is 0. The van der Waals surface area contributed by atoms with Gasteiger partial charge in [-0.3, -0.25) is 0 Å². The van der Waals surface area contributed by atoms with Crippen LogP contribution in [0.5, 0.6) is 0 Å². The maximum absolute atomic E-state index is 13.3. The molecule has 1 N–H and O–H groups in total. The van der Waals surface area contributed by atoms with Crippen molar-refractivity contribution in [1.82, 2.24) is 9.97 Å². The summed E-state index contributed by atoms with van der Waals surface area (Å²) in [5.41, 5.74) is 2.05. The van der Waals surface area contributed by atoms with Gasteiger partial charge in [-0.15, -0.1) is 0 Å². The molecule has 0 aliphatic heterocycles. The fraction of sp³-hybridized carbons (Fsp3) is 0. The lowest BCUT2D eigenvalue weighted by Crippen LogP contribution is -1.84. The van der Waals surface area contributed by atoms with Crippen molar-refractivity contribution in [3.05, 3.63) is 77.8 Å². The van der Waals surface area contributed by atoms with Gasteiger partial charge in [0.25, 0.3) is 0 Å². The van der Waals surface area contributed by atoms with E-state index < -0.39 is 0 Å². The number of fused-ring (bicyclic) bond motifs is 1. The minimum absolute atomic E-state index is 0.251. The molecule has 0 saturated carbocycles. The molecule has 0 aliphatic rings. The van der Waals surface area contributed by atoms with Crippen molar-refractivity contribution >= 4 is 22.7 Å². The predicted molar refractivity (Wildman–Crippen MR) is 93.6 cm³/mol. The van der Waals surface area contributed by atoms with E-state index in [4.69, 9.17) is 4.42 Å². The lowest BCUT2D eigenvalue weighted by Gasteiger charge is -1.96. The van der Waals surface area contributed by atoms with Crippen LogP contribution < -0.4 is 0 Å². The first-order chi connectivity index (χ1) is 12.6. The Balaban J connectivity index is 1.69. The summed E-state index contributed by atoms with van der Waals surface area (Å²) in [5.74, 6) is 0.624. The van der Waals surface area contributed by atoms with Crippen molar-refractivity contribution in [3.63, 3.8) is 0 Å². The lowest BCUT2D eigenvalue weighted by molar-refractivity contribution is 0.571. The molecule has 0 bridgehead atoms. The normalized spacial score (nSPS) is 11.7. The quantitative estimate of drug-likeness (QED) is 0.520. The summed E-state index contributed by atoms with van der Waals surface area (Å²) in [4.78, 5) is 7.23. The number of benzene rings is 2. The van der Waals surface area contributed by atoms with Crippen LogP contribution in [0.25, 0.3) is 34.0 Å². The summed E-state index contributed by atoms with van der Waals surface area (Å²) in [6.45, 7) is 0. The van der Waals surface area contributed by atoms with Crippen molar-refractivity contribution < 1.29 is 13.2 Å². The first-order valence-corrected chi connectivity index (χ1v) is 7.75. The number of allylic oxidation sites excluding steroid dienone is 1. The van der Waals surface area contributed by atoms with E-state index in [1.807, 2.05) is 0 Å². The Morgan fingerprint density at radius 1 is 1.04 bits per heavy atom. The number of aromatic amines is 1. The first-order valence-electron chi connectivity index (χ1n) is 7.75. The zero-order valence-electron chi connectivity index (χ0n) is 13.3. The third kappa shape index (κ3) is 2.98. The van der Waals surface area contributed by atoms with Gasteiger partial charge in [0.2, 0.25) is 0 Å². The molecule has 126 valence electrons. The molecule has 0 aliphatic carbocycles. The summed E-state index contributed by atoms with van der Waals surface area (Å²) in [5, 5.41) is 9.44. The van der Waals surface area contributed by atoms with Crippen molar-refractivity contribution in [2.24, 2.45) is 0 Å². The Morgan fingerprint density at radius 2 is 1.81 bits per heavy atom. The Kier molecular flexibility index (Phi) is 3.82. The van der Waals surface area contributed by atoms with Crippen molar-refractivity contribution in [3.8, 4) is 17.4 Å².